The van der Waals surface area contributed by atoms with E-state index < -0.39 is 0 Å². The Balaban J connectivity index is 0.000000474. The molecule has 2 heterocycles. The zero-order valence-electron chi connectivity index (χ0n) is 24.5. The predicted octanol–water partition coefficient (Wildman–Crippen LogP) is 8.13. The molecule has 4 nitrogen and oxygen atoms in total. The smallest absolute Gasteiger partial charge is 0.137 e. The number of aliphatic imine (C=N–C) groups is 1. The summed E-state index contributed by atoms with van der Waals surface area (Å²) in [6.45, 7) is 19.7. The summed E-state index contributed by atoms with van der Waals surface area (Å²) in [4.78, 5) is 11.7. The van der Waals surface area contributed by atoms with Crippen LogP contribution in [0.25, 0.3) is 0 Å². The Morgan fingerprint density at radius 3 is 2.58 bits per heavy atom. The van der Waals surface area contributed by atoms with Gasteiger partial charge in [0.1, 0.15) is 5.82 Å². The highest BCUT2D eigenvalue weighted by molar-refractivity contribution is 5.89. The van der Waals surface area contributed by atoms with Crippen molar-refractivity contribution in [1.29, 1.82) is 0 Å². The van der Waals surface area contributed by atoms with Gasteiger partial charge in [-0.2, -0.15) is 0 Å². The van der Waals surface area contributed by atoms with E-state index in [2.05, 4.69) is 104 Å². The van der Waals surface area contributed by atoms with Gasteiger partial charge in [-0.3, -0.25) is 4.99 Å². The topological polar surface area (TPSA) is 40.5 Å². The number of anilines is 1. The molecule has 4 heteroatoms. The third-order valence-corrected chi connectivity index (χ3v) is 6.92. The molecular formula is C34H48N4. The first-order chi connectivity index (χ1) is 18.4. The molecule has 38 heavy (non-hydrogen) atoms. The summed E-state index contributed by atoms with van der Waals surface area (Å²) in [5, 5.41) is 3.48. The van der Waals surface area contributed by atoms with Crippen LogP contribution in [0.1, 0.15) is 69.2 Å². The number of aromatic nitrogens is 1. The largest absolute Gasteiger partial charge is 0.385 e. The summed E-state index contributed by atoms with van der Waals surface area (Å²) in [6, 6.07) is 10.5. The maximum absolute atomic E-state index is 4.71. The number of hydrogen-bond donors (Lipinski definition) is 1. The van der Waals surface area contributed by atoms with Crippen LogP contribution in [0.3, 0.4) is 0 Å². The van der Waals surface area contributed by atoms with Crippen molar-refractivity contribution in [3.63, 3.8) is 0 Å². The molecule has 204 valence electrons. The molecule has 2 aromatic rings. The average molecular weight is 513 g/mol. The van der Waals surface area contributed by atoms with Gasteiger partial charge in [0, 0.05) is 54.9 Å². The number of nitrogens with zero attached hydrogens (tertiary/aromatic N) is 3. The number of benzene rings is 1. The van der Waals surface area contributed by atoms with E-state index in [1.54, 1.807) is 0 Å². The lowest BCUT2D eigenvalue weighted by atomic mass is 9.94. The molecule has 1 fully saturated rings. The summed E-state index contributed by atoms with van der Waals surface area (Å²) in [7, 11) is 0. The third kappa shape index (κ3) is 10.2. The molecule has 0 radical (unpaired) electrons. The van der Waals surface area contributed by atoms with Crippen molar-refractivity contribution in [2.45, 2.75) is 67.2 Å². The summed E-state index contributed by atoms with van der Waals surface area (Å²) < 4.78 is 0. The SMILES string of the molecule is C=C(NC/C=C/C=C\CC)C1CCCN(c2nccc(C)c2C=N/C(C)=C/C)C1.CCc1ccccc1C. The Bertz CT molecular complexity index is 1120. The van der Waals surface area contributed by atoms with Crippen molar-refractivity contribution >= 4 is 12.0 Å². The Morgan fingerprint density at radius 1 is 1.13 bits per heavy atom. The third-order valence-electron chi connectivity index (χ3n) is 6.92. The normalized spacial score (nSPS) is 16.2. The summed E-state index contributed by atoms with van der Waals surface area (Å²) >= 11 is 0. The van der Waals surface area contributed by atoms with Gasteiger partial charge in [0.2, 0.25) is 0 Å². The first-order valence-corrected chi connectivity index (χ1v) is 14.1. The first-order valence-electron chi connectivity index (χ1n) is 14.1. The zero-order chi connectivity index (χ0) is 27.8. The predicted molar refractivity (Wildman–Crippen MR) is 167 cm³/mol. The molecule has 1 aliphatic heterocycles. The Labute approximate surface area is 232 Å². The van der Waals surface area contributed by atoms with E-state index in [4.69, 9.17) is 4.98 Å². The maximum atomic E-state index is 4.71. The van der Waals surface area contributed by atoms with Crippen molar-refractivity contribution in [2.24, 2.45) is 10.9 Å². The maximum Gasteiger partial charge on any atom is 0.137 e. The van der Waals surface area contributed by atoms with E-state index in [0.717, 1.165) is 68.1 Å². The number of allylic oxidation sites excluding steroid dienone is 5. The van der Waals surface area contributed by atoms with E-state index >= 15 is 0 Å². The van der Waals surface area contributed by atoms with Gasteiger partial charge >= 0.3 is 0 Å². The van der Waals surface area contributed by atoms with E-state index in [1.807, 2.05) is 32.3 Å². The molecule has 1 aliphatic rings. The summed E-state index contributed by atoms with van der Waals surface area (Å²) in [5.74, 6) is 1.45. The van der Waals surface area contributed by atoms with Crippen LogP contribution in [-0.2, 0) is 6.42 Å². The van der Waals surface area contributed by atoms with Gasteiger partial charge in [-0.25, -0.2) is 4.98 Å². The van der Waals surface area contributed by atoms with Crippen molar-refractivity contribution < 1.29 is 0 Å². The van der Waals surface area contributed by atoms with Gasteiger partial charge in [0.05, 0.1) is 0 Å². The molecule has 1 saturated heterocycles. The van der Waals surface area contributed by atoms with Crippen LogP contribution < -0.4 is 10.2 Å². The lowest BCUT2D eigenvalue weighted by molar-refractivity contribution is 0.446. The van der Waals surface area contributed by atoms with Crippen molar-refractivity contribution in [3.05, 3.63) is 107 Å². The first kappa shape index (κ1) is 30.8. The number of nitrogens with one attached hydrogen (secondary N) is 1. The minimum Gasteiger partial charge on any atom is -0.385 e. The molecule has 1 aromatic carbocycles. The number of piperidine rings is 1. The molecule has 0 spiro atoms. The molecule has 1 N–H and O–H groups in total. The Kier molecular flexibility index (Phi) is 13.9. The fourth-order valence-electron chi connectivity index (χ4n) is 4.36. The van der Waals surface area contributed by atoms with E-state index in [0.29, 0.717) is 5.92 Å². The number of rotatable bonds is 10. The van der Waals surface area contributed by atoms with E-state index in [9.17, 15) is 0 Å². The van der Waals surface area contributed by atoms with Crippen LogP contribution >= 0.6 is 0 Å². The van der Waals surface area contributed by atoms with Gasteiger partial charge in [0.25, 0.3) is 0 Å². The number of pyridine rings is 1. The molecule has 0 aliphatic carbocycles. The highest BCUT2D eigenvalue weighted by atomic mass is 15.2. The second-order valence-electron chi connectivity index (χ2n) is 9.79. The zero-order valence-corrected chi connectivity index (χ0v) is 24.5. The number of hydrogen-bond acceptors (Lipinski definition) is 4. The minimum absolute atomic E-state index is 0.424. The van der Waals surface area contributed by atoms with Crippen molar-refractivity contribution in [2.75, 3.05) is 24.5 Å². The molecule has 1 atom stereocenters. The van der Waals surface area contributed by atoms with Crippen LogP contribution in [-0.4, -0.2) is 30.8 Å². The second-order valence-corrected chi connectivity index (χ2v) is 9.79. The monoisotopic (exact) mass is 512 g/mol. The molecule has 3 rings (SSSR count). The summed E-state index contributed by atoms with van der Waals surface area (Å²) in [6.07, 6.45) is 18.9. The van der Waals surface area contributed by atoms with Crippen molar-refractivity contribution in [1.82, 2.24) is 10.3 Å². The lowest BCUT2D eigenvalue weighted by Crippen LogP contribution is -2.39. The van der Waals surface area contributed by atoms with Crippen LogP contribution in [0.2, 0.25) is 0 Å². The Hall–Kier alpha value is -3.40. The van der Waals surface area contributed by atoms with Crippen LogP contribution in [0.15, 0.2) is 89.9 Å². The van der Waals surface area contributed by atoms with E-state index in [-0.39, 0.29) is 0 Å². The molecule has 1 unspecified atom stereocenters. The van der Waals surface area contributed by atoms with Gasteiger partial charge in [0.15, 0.2) is 0 Å². The fourth-order valence-corrected chi connectivity index (χ4v) is 4.36. The number of aryl methyl sites for hydroxylation is 3. The van der Waals surface area contributed by atoms with Gasteiger partial charge in [-0.15, -0.1) is 0 Å². The van der Waals surface area contributed by atoms with Crippen LogP contribution in [0.4, 0.5) is 5.82 Å². The standard InChI is InChI=1S/C25H36N4.C9H12/c1-6-8-9-10-11-15-26-22(5)23-13-12-17-29(19-23)25-24(18-28-21(4)7-2)20(3)14-16-27-25;1-3-9-7-5-4-6-8(9)2/h7-11,14,16,18,23,26H,5-6,12-13,15,17,19H2,1-4H3;4-7H,3H2,1-2H3/b9-8-,11-10+,21-7+,28-18?;. The second kappa shape index (κ2) is 17.2. The molecule has 0 amide bonds. The van der Waals surface area contributed by atoms with Crippen molar-refractivity contribution in [3.8, 4) is 0 Å². The van der Waals surface area contributed by atoms with Crippen LogP contribution in [0.5, 0.6) is 0 Å². The van der Waals surface area contributed by atoms with Crippen LogP contribution in [0, 0.1) is 19.8 Å². The van der Waals surface area contributed by atoms with Gasteiger partial charge < -0.3 is 10.2 Å². The highest BCUT2D eigenvalue weighted by Crippen LogP contribution is 2.28. The molecule has 0 saturated carbocycles. The molecule has 0 bridgehead atoms. The van der Waals surface area contributed by atoms with Gasteiger partial charge in [-0.05, 0) is 76.1 Å². The quantitative estimate of drug-likeness (QED) is 0.258. The summed E-state index contributed by atoms with van der Waals surface area (Å²) in [5.41, 5.74) is 7.30. The highest BCUT2D eigenvalue weighted by Gasteiger charge is 2.24. The average Bonchev–Trinajstić information content (AvgIpc) is 2.94. The Morgan fingerprint density at radius 2 is 1.89 bits per heavy atom. The van der Waals surface area contributed by atoms with E-state index in [1.165, 1.54) is 16.7 Å². The minimum atomic E-state index is 0.424. The van der Waals surface area contributed by atoms with Gasteiger partial charge in [-0.1, -0.05) is 75.1 Å². The fraction of sp³-hybridized carbons (Fsp3) is 0.412. The molecular weight excluding hydrogens is 464 g/mol. The lowest BCUT2D eigenvalue weighted by Gasteiger charge is -2.35. The molecule has 1 aromatic heterocycles.